The van der Waals surface area contributed by atoms with E-state index >= 15 is 0 Å². The van der Waals surface area contributed by atoms with E-state index in [2.05, 4.69) is 18.7 Å². The molecule has 3 heteroatoms. The molecule has 16 heavy (non-hydrogen) atoms. The van der Waals surface area contributed by atoms with Crippen molar-refractivity contribution in [1.29, 1.82) is 0 Å². The van der Waals surface area contributed by atoms with Crippen molar-refractivity contribution >= 4 is 0 Å². The molecule has 0 aromatic rings. The lowest BCUT2D eigenvalue weighted by atomic mass is 10.0. The Kier molecular flexibility index (Phi) is 6.32. The summed E-state index contributed by atoms with van der Waals surface area (Å²) in [5, 5.41) is 0. The van der Waals surface area contributed by atoms with Crippen LogP contribution in [0.4, 0.5) is 0 Å². The summed E-state index contributed by atoms with van der Waals surface area (Å²) in [6, 6.07) is 0. The van der Waals surface area contributed by atoms with Gasteiger partial charge < -0.3 is 9.47 Å². The molecule has 1 unspecified atom stereocenters. The van der Waals surface area contributed by atoms with Crippen LogP contribution in [0, 0.1) is 0 Å². The third kappa shape index (κ3) is 3.44. The number of piperidine rings is 1. The third-order valence-corrected chi connectivity index (χ3v) is 3.43. The zero-order chi connectivity index (χ0) is 11.9. The maximum absolute atomic E-state index is 6.02. The number of hydrogen-bond acceptors (Lipinski definition) is 3. The molecule has 0 spiro atoms. The first-order valence-electron chi connectivity index (χ1n) is 6.75. The summed E-state index contributed by atoms with van der Waals surface area (Å²) >= 11 is 0. The highest BCUT2D eigenvalue weighted by Gasteiger charge is 2.36. The second-order valence-electron chi connectivity index (χ2n) is 4.42. The molecule has 0 N–H and O–H groups in total. The van der Waals surface area contributed by atoms with Crippen molar-refractivity contribution in [2.75, 3.05) is 32.9 Å². The third-order valence-electron chi connectivity index (χ3n) is 3.43. The standard InChI is InChI=1S/C13H27NO2/c1-4-13(16-6-3,12-15-5-2)14-10-8-7-9-11-14/h4-12H2,1-3H3. The van der Waals surface area contributed by atoms with E-state index in [1.54, 1.807) is 0 Å². The van der Waals surface area contributed by atoms with Crippen molar-refractivity contribution in [1.82, 2.24) is 4.90 Å². The molecule has 96 valence electrons. The second-order valence-corrected chi connectivity index (χ2v) is 4.42. The Hall–Kier alpha value is -0.120. The molecule has 1 heterocycles. The molecule has 1 atom stereocenters. The fraction of sp³-hybridized carbons (Fsp3) is 1.00. The van der Waals surface area contributed by atoms with Crippen LogP contribution in [0.1, 0.15) is 46.5 Å². The fourth-order valence-electron chi connectivity index (χ4n) is 2.48. The summed E-state index contributed by atoms with van der Waals surface area (Å²) < 4.78 is 11.7. The van der Waals surface area contributed by atoms with Crippen molar-refractivity contribution < 1.29 is 9.47 Å². The van der Waals surface area contributed by atoms with E-state index in [0.717, 1.165) is 32.7 Å². The minimum absolute atomic E-state index is 0.175. The fourth-order valence-corrected chi connectivity index (χ4v) is 2.48. The Bertz CT molecular complexity index is 181. The lowest BCUT2D eigenvalue weighted by molar-refractivity contribution is -0.193. The van der Waals surface area contributed by atoms with Gasteiger partial charge in [0, 0.05) is 26.3 Å². The molecular weight excluding hydrogens is 202 g/mol. The average Bonchev–Trinajstić information content (AvgIpc) is 2.36. The van der Waals surface area contributed by atoms with Gasteiger partial charge in [-0.1, -0.05) is 13.3 Å². The molecular formula is C13H27NO2. The van der Waals surface area contributed by atoms with Crippen LogP contribution >= 0.6 is 0 Å². The van der Waals surface area contributed by atoms with E-state index in [1.807, 2.05) is 6.92 Å². The van der Waals surface area contributed by atoms with Crippen LogP contribution in [0.15, 0.2) is 0 Å². The Morgan fingerprint density at radius 1 is 1.00 bits per heavy atom. The van der Waals surface area contributed by atoms with Crippen LogP contribution in [0.5, 0.6) is 0 Å². The number of hydrogen-bond donors (Lipinski definition) is 0. The summed E-state index contributed by atoms with van der Waals surface area (Å²) in [5.74, 6) is 0. The summed E-state index contributed by atoms with van der Waals surface area (Å²) in [4.78, 5) is 2.48. The van der Waals surface area contributed by atoms with E-state index in [0.29, 0.717) is 6.61 Å². The van der Waals surface area contributed by atoms with Gasteiger partial charge in [0.25, 0.3) is 0 Å². The van der Waals surface area contributed by atoms with Gasteiger partial charge in [-0.15, -0.1) is 0 Å². The van der Waals surface area contributed by atoms with E-state index in [1.165, 1.54) is 19.3 Å². The first-order valence-corrected chi connectivity index (χ1v) is 6.75. The topological polar surface area (TPSA) is 21.7 Å². The lowest BCUT2D eigenvalue weighted by Crippen LogP contribution is -2.55. The van der Waals surface area contributed by atoms with E-state index in [-0.39, 0.29) is 5.72 Å². The van der Waals surface area contributed by atoms with Crippen molar-refractivity contribution in [3.05, 3.63) is 0 Å². The Morgan fingerprint density at radius 3 is 2.19 bits per heavy atom. The predicted octanol–water partition coefficient (Wildman–Crippen LogP) is 2.65. The lowest BCUT2D eigenvalue weighted by Gasteiger charge is -2.44. The number of rotatable bonds is 7. The predicted molar refractivity (Wildman–Crippen MR) is 66.6 cm³/mol. The molecule has 3 nitrogen and oxygen atoms in total. The first-order chi connectivity index (χ1) is 7.79. The summed E-state index contributed by atoms with van der Waals surface area (Å²) in [5.41, 5.74) is -0.175. The van der Waals surface area contributed by atoms with Crippen LogP contribution in [0.25, 0.3) is 0 Å². The molecule has 0 saturated carbocycles. The van der Waals surface area contributed by atoms with Crippen molar-refractivity contribution in [3.63, 3.8) is 0 Å². The molecule has 0 radical (unpaired) electrons. The number of likely N-dealkylation sites (tertiary alicyclic amines) is 1. The molecule has 1 aliphatic heterocycles. The maximum atomic E-state index is 6.02. The highest BCUT2D eigenvalue weighted by molar-refractivity contribution is 4.82. The normalized spacial score (nSPS) is 21.9. The number of ether oxygens (including phenoxy) is 2. The smallest absolute Gasteiger partial charge is 0.144 e. The van der Waals surface area contributed by atoms with Crippen molar-refractivity contribution in [2.24, 2.45) is 0 Å². The highest BCUT2D eigenvalue weighted by atomic mass is 16.6. The molecule has 0 aromatic carbocycles. The summed E-state index contributed by atoms with van der Waals surface area (Å²) in [7, 11) is 0. The largest absolute Gasteiger partial charge is 0.377 e. The highest BCUT2D eigenvalue weighted by Crippen LogP contribution is 2.26. The van der Waals surface area contributed by atoms with Gasteiger partial charge in [0.05, 0.1) is 6.61 Å². The van der Waals surface area contributed by atoms with Gasteiger partial charge in [-0.3, -0.25) is 4.90 Å². The van der Waals surface area contributed by atoms with Gasteiger partial charge in [0.2, 0.25) is 0 Å². The van der Waals surface area contributed by atoms with Crippen LogP contribution in [0.2, 0.25) is 0 Å². The minimum Gasteiger partial charge on any atom is -0.377 e. The summed E-state index contributed by atoms with van der Waals surface area (Å²) in [6.45, 7) is 10.8. The molecule has 0 aromatic heterocycles. The van der Waals surface area contributed by atoms with Gasteiger partial charge in [0.1, 0.15) is 5.72 Å². The first kappa shape index (κ1) is 13.9. The van der Waals surface area contributed by atoms with Crippen LogP contribution in [-0.2, 0) is 9.47 Å². The molecule has 1 rings (SSSR count). The van der Waals surface area contributed by atoms with Gasteiger partial charge in [-0.2, -0.15) is 0 Å². The SMILES string of the molecule is CCOCC(CC)(OCC)N1CCCCC1. The zero-order valence-electron chi connectivity index (χ0n) is 11.1. The van der Waals surface area contributed by atoms with Crippen LogP contribution in [0.3, 0.4) is 0 Å². The van der Waals surface area contributed by atoms with Gasteiger partial charge in [-0.05, 0) is 33.1 Å². The zero-order valence-corrected chi connectivity index (χ0v) is 11.1. The minimum atomic E-state index is -0.175. The Balaban J connectivity index is 2.64. The Labute approximate surface area is 100 Å². The molecule has 1 aliphatic rings. The Morgan fingerprint density at radius 2 is 1.69 bits per heavy atom. The molecule has 1 saturated heterocycles. The number of nitrogens with zero attached hydrogens (tertiary/aromatic N) is 1. The van der Waals surface area contributed by atoms with Crippen LogP contribution in [-0.4, -0.2) is 43.5 Å². The van der Waals surface area contributed by atoms with Gasteiger partial charge in [0.15, 0.2) is 0 Å². The maximum Gasteiger partial charge on any atom is 0.144 e. The van der Waals surface area contributed by atoms with E-state index in [4.69, 9.17) is 9.47 Å². The van der Waals surface area contributed by atoms with Gasteiger partial charge >= 0.3 is 0 Å². The summed E-state index contributed by atoms with van der Waals surface area (Å²) in [6.07, 6.45) is 4.94. The molecule has 0 bridgehead atoms. The van der Waals surface area contributed by atoms with E-state index < -0.39 is 0 Å². The molecule has 0 amide bonds. The average molecular weight is 229 g/mol. The van der Waals surface area contributed by atoms with Gasteiger partial charge in [-0.25, -0.2) is 0 Å². The van der Waals surface area contributed by atoms with Crippen LogP contribution < -0.4 is 0 Å². The van der Waals surface area contributed by atoms with Crippen molar-refractivity contribution in [2.45, 2.75) is 52.2 Å². The molecule has 0 aliphatic carbocycles. The van der Waals surface area contributed by atoms with E-state index in [9.17, 15) is 0 Å². The monoisotopic (exact) mass is 229 g/mol. The quantitative estimate of drug-likeness (QED) is 0.670. The second kappa shape index (κ2) is 7.25. The van der Waals surface area contributed by atoms with Crippen molar-refractivity contribution in [3.8, 4) is 0 Å². The molecule has 1 fully saturated rings.